The minimum atomic E-state index is -1.10. The number of ether oxygens (including phenoxy) is 2. The van der Waals surface area contributed by atoms with E-state index in [-0.39, 0.29) is 6.42 Å². The highest BCUT2D eigenvalue weighted by Crippen LogP contribution is 2.22. The Morgan fingerprint density at radius 1 is 1.05 bits per heavy atom. The van der Waals surface area contributed by atoms with Gasteiger partial charge in [-0.05, 0) is 52.3 Å². The van der Waals surface area contributed by atoms with Crippen LogP contribution in [-0.2, 0) is 20.7 Å². The monoisotopic (exact) mass is 293 g/mol. The lowest BCUT2D eigenvalue weighted by Crippen LogP contribution is -2.43. The van der Waals surface area contributed by atoms with Crippen molar-refractivity contribution in [1.82, 2.24) is 0 Å². The summed E-state index contributed by atoms with van der Waals surface area (Å²) >= 11 is 0. The molecule has 1 rings (SSSR count). The predicted molar refractivity (Wildman–Crippen MR) is 79.9 cm³/mol. The minimum absolute atomic E-state index is 0.176. The van der Waals surface area contributed by atoms with E-state index in [4.69, 9.17) is 15.2 Å². The van der Waals surface area contributed by atoms with Gasteiger partial charge < -0.3 is 15.2 Å². The Hall–Kier alpha value is -2.04. The molecule has 1 aromatic carbocycles. The Kier molecular flexibility index (Phi) is 4.99. The Bertz CT molecular complexity index is 512. The molecule has 0 aliphatic rings. The quantitative estimate of drug-likeness (QED) is 0.844. The number of rotatable bonds is 5. The summed E-state index contributed by atoms with van der Waals surface area (Å²) in [5.74, 6) is -0.298. The van der Waals surface area contributed by atoms with Gasteiger partial charge in [0.25, 0.3) is 0 Å². The van der Waals surface area contributed by atoms with Gasteiger partial charge in [0, 0.05) is 0 Å². The maximum absolute atomic E-state index is 12.1. The van der Waals surface area contributed by atoms with Gasteiger partial charge in [-0.25, -0.2) is 4.79 Å². The maximum Gasteiger partial charge on any atom is 0.350 e. The molecule has 0 saturated carbocycles. The molecule has 2 N–H and O–H groups in total. The molecule has 0 heterocycles. The number of primary amides is 1. The molecule has 5 nitrogen and oxygen atoms in total. The van der Waals surface area contributed by atoms with E-state index in [1.54, 1.807) is 58.9 Å². The lowest BCUT2D eigenvalue weighted by Gasteiger charge is -2.29. The van der Waals surface area contributed by atoms with Crippen LogP contribution >= 0.6 is 0 Å². The lowest BCUT2D eigenvalue weighted by atomic mass is 10.1. The van der Waals surface area contributed by atoms with Crippen LogP contribution in [0.2, 0.25) is 0 Å². The van der Waals surface area contributed by atoms with Crippen molar-refractivity contribution in [2.45, 2.75) is 52.2 Å². The van der Waals surface area contributed by atoms with Gasteiger partial charge in [0.2, 0.25) is 5.91 Å². The molecule has 0 aromatic heterocycles. The van der Waals surface area contributed by atoms with Crippen LogP contribution in [0.5, 0.6) is 5.75 Å². The molecule has 1 amide bonds. The first kappa shape index (κ1) is 17.0. The smallest absolute Gasteiger partial charge is 0.350 e. The molecule has 0 fully saturated rings. The van der Waals surface area contributed by atoms with E-state index in [9.17, 15) is 9.59 Å². The zero-order chi connectivity index (χ0) is 16.3. The predicted octanol–water partition coefficient (Wildman–Crippen LogP) is 2.21. The van der Waals surface area contributed by atoms with Gasteiger partial charge in [-0.2, -0.15) is 0 Å². The van der Waals surface area contributed by atoms with Crippen LogP contribution in [-0.4, -0.2) is 23.1 Å². The highest BCUT2D eigenvalue weighted by Gasteiger charge is 2.34. The SMILES string of the molecule is CC(C)(C)OC(=O)C(C)(C)Oc1ccc(CC(N)=O)cc1. The fourth-order valence-electron chi connectivity index (χ4n) is 1.61. The molecule has 0 bridgehead atoms. The standard InChI is InChI=1S/C16H23NO4/c1-15(2,3)21-14(19)16(4,5)20-12-8-6-11(7-9-12)10-13(17)18/h6-9H,10H2,1-5H3,(H2,17,18). The summed E-state index contributed by atoms with van der Waals surface area (Å²) in [6, 6.07) is 6.88. The molecule has 0 saturated heterocycles. The second-order valence-electron chi connectivity index (χ2n) is 6.40. The summed E-state index contributed by atoms with van der Waals surface area (Å²) in [5, 5.41) is 0. The first-order valence-corrected chi connectivity index (χ1v) is 6.79. The van der Waals surface area contributed by atoms with Crippen LogP contribution in [0.25, 0.3) is 0 Å². The molecular weight excluding hydrogens is 270 g/mol. The molecule has 0 aliphatic carbocycles. The van der Waals surface area contributed by atoms with Crippen molar-refractivity contribution in [2.24, 2.45) is 5.73 Å². The van der Waals surface area contributed by atoms with E-state index in [0.29, 0.717) is 5.75 Å². The second-order valence-corrected chi connectivity index (χ2v) is 6.40. The third-order valence-electron chi connectivity index (χ3n) is 2.57. The molecule has 116 valence electrons. The van der Waals surface area contributed by atoms with Crippen LogP contribution in [0.1, 0.15) is 40.2 Å². The van der Waals surface area contributed by atoms with Crippen molar-refractivity contribution in [3.8, 4) is 5.75 Å². The Balaban J connectivity index is 2.74. The summed E-state index contributed by atoms with van der Waals surface area (Å²) in [5.41, 5.74) is 4.26. The first-order valence-electron chi connectivity index (χ1n) is 6.79. The van der Waals surface area contributed by atoms with E-state index in [2.05, 4.69) is 0 Å². The number of esters is 1. The average Bonchev–Trinajstić information content (AvgIpc) is 2.28. The molecular formula is C16H23NO4. The summed E-state index contributed by atoms with van der Waals surface area (Å²) in [7, 11) is 0. The van der Waals surface area contributed by atoms with Gasteiger partial charge >= 0.3 is 5.97 Å². The van der Waals surface area contributed by atoms with Crippen LogP contribution < -0.4 is 10.5 Å². The van der Waals surface area contributed by atoms with E-state index in [1.165, 1.54) is 0 Å². The first-order chi connectivity index (χ1) is 9.49. The van der Waals surface area contributed by atoms with E-state index in [1.807, 2.05) is 0 Å². The Morgan fingerprint density at radius 2 is 1.57 bits per heavy atom. The fraction of sp³-hybridized carbons (Fsp3) is 0.500. The number of carbonyl (C=O) groups excluding carboxylic acids is 2. The number of hydrogen-bond acceptors (Lipinski definition) is 4. The maximum atomic E-state index is 12.1. The summed E-state index contributed by atoms with van der Waals surface area (Å²) < 4.78 is 11.0. The normalized spacial score (nSPS) is 11.9. The van der Waals surface area contributed by atoms with Crippen molar-refractivity contribution in [1.29, 1.82) is 0 Å². The van der Waals surface area contributed by atoms with Gasteiger partial charge in [0.15, 0.2) is 5.60 Å². The molecule has 0 atom stereocenters. The molecule has 0 radical (unpaired) electrons. The second kappa shape index (κ2) is 6.16. The molecule has 0 spiro atoms. The van der Waals surface area contributed by atoms with Gasteiger partial charge in [0.05, 0.1) is 6.42 Å². The number of carbonyl (C=O) groups is 2. The van der Waals surface area contributed by atoms with E-state index in [0.717, 1.165) is 5.56 Å². The number of benzene rings is 1. The molecule has 1 aromatic rings. The number of nitrogens with two attached hydrogens (primary N) is 1. The zero-order valence-corrected chi connectivity index (χ0v) is 13.2. The molecule has 0 unspecified atom stereocenters. The van der Waals surface area contributed by atoms with Crippen LogP contribution in [0.15, 0.2) is 24.3 Å². The molecule has 5 heteroatoms. The highest BCUT2D eigenvalue weighted by molar-refractivity contribution is 5.79. The van der Waals surface area contributed by atoms with Crippen molar-refractivity contribution >= 4 is 11.9 Å². The van der Waals surface area contributed by atoms with Crippen molar-refractivity contribution < 1.29 is 19.1 Å². The summed E-state index contributed by atoms with van der Waals surface area (Å²) in [4.78, 5) is 22.9. The average molecular weight is 293 g/mol. The van der Waals surface area contributed by atoms with Crippen molar-refractivity contribution in [3.05, 3.63) is 29.8 Å². The molecule has 21 heavy (non-hydrogen) atoms. The van der Waals surface area contributed by atoms with Crippen LogP contribution in [0.4, 0.5) is 0 Å². The van der Waals surface area contributed by atoms with E-state index >= 15 is 0 Å². The summed E-state index contributed by atoms with van der Waals surface area (Å²) in [6.07, 6.45) is 0.176. The Morgan fingerprint density at radius 3 is 2.00 bits per heavy atom. The summed E-state index contributed by atoms with van der Waals surface area (Å²) in [6.45, 7) is 8.72. The zero-order valence-electron chi connectivity index (χ0n) is 13.2. The Labute approximate surface area is 125 Å². The largest absolute Gasteiger partial charge is 0.476 e. The molecule has 0 aliphatic heterocycles. The van der Waals surface area contributed by atoms with E-state index < -0.39 is 23.1 Å². The third kappa shape index (κ3) is 5.85. The number of amides is 1. The van der Waals surface area contributed by atoms with Crippen LogP contribution in [0, 0.1) is 0 Å². The third-order valence-corrected chi connectivity index (χ3v) is 2.57. The van der Waals surface area contributed by atoms with Crippen molar-refractivity contribution in [2.75, 3.05) is 0 Å². The van der Waals surface area contributed by atoms with Crippen LogP contribution in [0.3, 0.4) is 0 Å². The van der Waals surface area contributed by atoms with Gasteiger partial charge in [-0.1, -0.05) is 12.1 Å². The highest BCUT2D eigenvalue weighted by atomic mass is 16.6. The lowest BCUT2D eigenvalue weighted by molar-refractivity contribution is -0.170. The van der Waals surface area contributed by atoms with Gasteiger partial charge in [0.1, 0.15) is 11.4 Å². The topological polar surface area (TPSA) is 78.6 Å². The van der Waals surface area contributed by atoms with Gasteiger partial charge in [-0.15, -0.1) is 0 Å². The number of hydrogen-bond donors (Lipinski definition) is 1. The fourth-order valence-corrected chi connectivity index (χ4v) is 1.61. The van der Waals surface area contributed by atoms with Crippen molar-refractivity contribution in [3.63, 3.8) is 0 Å². The minimum Gasteiger partial charge on any atom is -0.476 e. The van der Waals surface area contributed by atoms with Gasteiger partial charge in [-0.3, -0.25) is 4.79 Å².